The minimum atomic E-state index is -0.558. The third kappa shape index (κ3) is 7.81. The third-order valence-corrected chi connectivity index (χ3v) is 3.55. The molecule has 0 saturated heterocycles. The Morgan fingerprint density at radius 2 is 1.83 bits per heavy atom. The molecule has 0 aromatic heterocycles. The lowest BCUT2D eigenvalue weighted by molar-refractivity contribution is -0.126. The number of nitrogens with one attached hydrogen (secondary N) is 2. The Kier molecular flexibility index (Phi) is 8.61. The van der Waals surface area contributed by atoms with E-state index in [1.165, 1.54) is 6.08 Å². The Morgan fingerprint density at radius 3 is 2.42 bits per heavy atom. The number of hydrogen-bond donors (Lipinski definition) is 2. The highest BCUT2D eigenvalue weighted by molar-refractivity contribution is 5.95. The molecule has 0 radical (unpaired) electrons. The van der Waals surface area contributed by atoms with E-state index < -0.39 is 6.04 Å². The van der Waals surface area contributed by atoms with Gasteiger partial charge in [0, 0.05) is 12.6 Å². The monoisotopic (exact) mass is 332 g/mol. The summed E-state index contributed by atoms with van der Waals surface area (Å²) in [5.74, 6) is 0.932. The van der Waals surface area contributed by atoms with E-state index in [1.807, 2.05) is 24.3 Å². The molecule has 2 amide bonds. The average Bonchev–Trinajstić information content (AvgIpc) is 2.56. The van der Waals surface area contributed by atoms with Gasteiger partial charge in [0.05, 0.1) is 7.11 Å². The van der Waals surface area contributed by atoms with Crippen LogP contribution in [0, 0.1) is 5.92 Å². The van der Waals surface area contributed by atoms with Crippen LogP contribution in [-0.4, -0.2) is 31.5 Å². The summed E-state index contributed by atoms with van der Waals surface area (Å²) in [7, 11) is 1.60. The molecule has 24 heavy (non-hydrogen) atoms. The van der Waals surface area contributed by atoms with Crippen LogP contribution in [0.5, 0.6) is 5.75 Å². The van der Waals surface area contributed by atoms with Crippen molar-refractivity contribution in [2.24, 2.45) is 5.92 Å². The number of methoxy groups -OCH3 is 1. The normalized spacial score (nSPS) is 12.2. The first-order chi connectivity index (χ1) is 11.4. The molecule has 1 unspecified atom stereocenters. The van der Waals surface area contributed by atoms with Gasteiger partial charge in [-0.25, -0.2) is 0 Å². The molecule has 0 heterocycles. The van der Waals surface area contributed by atoms with E-state index >= 15 is 0 Å². The molecule has 0 fully saturated rings. The molecule has 2 N–H and O–H groups in total. The van der Waals surface area contributed by atoms with Crippen molar-refractivity contribution >= 4 is 17.9 Å². The highest BCUT2D eigenvalue weighted by Crippen LogP contribution is 2.12. The number of ether oxygens (including phenoxy) is 1. The van der Waals surface area contributed by atoms with Gasteiger partial charge in [-0.1, -0.05) is 26.0 Å². The predicted molar refractivity (Wildman–Crippen MR) is 96.7 cm³/mol. The zero-order valence-corrected chi connectivity index (χ0v) is 15.0. The summed E-state index contributed by atoms with van der Waals surface area (Å²) in [6.45, 7) is 6.62. The lowest BCUT2D eigenvalue weighted by atomic mass is 10.1. The Bertz CT molecular complexity index is 550. The molecule has 0 aliphatic heterocycles. The van der Waals surface area contributed by atoms with Crippen LogP contribution in [0.1, 0.15) is 39.2 Å². The summed E-state index contributed by atoms with van der Waals surface area (Å²) in [6.07, 6.45) is 5.14. The summed E-state index contributed by atoms with van der Waals surface area (Å²) >= 11 is 0. The second kappa shape index (κ2) is 10.5. The summed E-state index contributed by atoms with van der Waals surface area (Å²) in [5, 5.41) is 5.50. The fraction of sp³-hybridized carbons (Fsp3) is 0.474. The van der Waals surface area contributed by atoms with Crippen molar-refractivity contribution in [3.8, 4) is 5.75 Å². The Hall–Kier alpha value is -2.30. The number of carbonyl (C=O) groups excluding carboxylic acids is 2. The first-order valence-electron chi connectivity index (χ1n) is 8.32. The molecular weight excluding hydrogens is 304 g/mol. The van der Waals surface area contributed by atoms with Crippen molar-refractivity contribution in [3.05, 3.63) is 35.9 Å². The average molecular weight is 332 g/mol. The van der Waals surface area contributed by atoms with Gasteiger partial charge in [0.1, 0.15) is 11.8 Å². The highest BCUT2D eigenvalue weighted by atomic mass is 16.5. The zero-order chi connectivity index (χ0) is 17.9. The van der Waals surface area contributed by atoms with E-state index in [0.717, 1.165) is 24.2 Å². The molecular formula is C19H28N2O3. The van der Waals surface area contributed by atoms with Gasteiger partial charge in [-0.05, 0) is 49.5 Å². The van der Waals surface area contributed by atoms with Crippen LogP contribution < -0.4 is 15.4 Å². The minimum Gasteiger partial charge on any atom is -0.497 e. The van der Waals surface area contributed by atoms with Crippen molar-refractivity contribution in [1.29, 1.82) is 0 Å². The SMILES string of the molecule is COc1ccc(C=CC(=O)NC(C)C(=O)NCCCC(C)C)cc1. The molecule has 1 rings (SSSR count). The lowest BCUT2D eigenvalue weighted by Gasteiger charge is -2.13. The fourth-order valence-corrected chi connectivity index (χ4v) is 2.09. The fourth-order valence-electron chi connectivity index (χ4n) is 2.09. The summed E-state index contributed by atoms with van der Waals surface area (Å²) in [4.78, 5) is 23.8. The Labute approximate surface area is 144 Å². The topological polar surface area (TPSA) is 67.4 Å². The molecule has 0 bridgehead atoms. The molecule has 0 aliphatic carbocycles. The van der Waals surface area contributed by atoms with E-state index in [0.29, 0.717) is 12.5 Å². The van der Waals surface area contributed by atoms with E-state index in [1.54, 1.807) is 20.1 Å². The maximum Gasteiger partial charge on any atom is 0.244 e. The molecule has 1 aromatic carbocycles. The van der Waals surface area contributed by atoms with Gasteiger partial charge >= 0.3 is 0 Å². The van der Waals surface area contributed by atoms with Gasteiger partial charge in [-0.15, -0.1) is 0 Å². The minimum absolute atomic E-state index is 0.162. The molecule has 5 nitrogen and oxygen atoms in total. The summed E-state index contributed by atoms with van der Waals surface area (Å²) in [5.41, 5.74) is 0.886. The third-order valence-electron chi connectivity index (χ3n) is 3.55. The van der Waals surface area contributed by atoms with Crippen LogP contribution in [0.15, 0.2) is 30.3 Å². The zero-order valence-electron chi connectivity index (χ0n) is 15.0. The number of benzene rings is 1. The van der Waals surface area contributed by atoms with Gasteiger partial charge in [0.2, 0.25) is 11.8 Å². The number of carbonyl (C=O) groups is 2. The molecule has 0 aliphatic rings. The van der Waals surface area contributed by atoms with Crippen LogP contribution in [0.25, 0.3) is 6.08 Å². The molecule has 1 atom stereocenters. The van der Waals surface area contributed by atoms with Crippen molar-refractivity contribution in [3.63, 3.8) is 0 Å². The number of rotatable bonds is 9. The lowest BCUT2D eigenvalue weighted by Crippen LogP contribution is -2.44. The van der Waals surface area contributed by atoms with Crippen LogP contribution in [0.2, 0.25) is 0 Å². The molecule has 5 heteroatoms. The van der Waals surface area contributed by atoms with Gasteiger partial charge < -0.3 is 15.4 Å². The maximum atomic E-state index is 11.9. The van der Waals surface area contributed by atoms with E-state index in [-0.39, 0.29) is 11.8 Å². The largest absolute Gasteiger partial charge is 0.497 e. The molecule has 132 valence electrons. The van der Waals surface area contributed by atoms with Crippen molar-refractivity contribution < 1.29 is 14.3 Å². The second-order valence-electron chi connectivity index (χ2n) is 6.16. The van der Waals surface area contributed by atoms with Crippen LogP contribution in [0.3, 0.4) is 0 Å². The van der Waals surface area contributed by atoms with Crippen LogP contribution in [-0.2, 0) is 9.59 Å². The van der Waals surface area contributed by atoms with E-state index in [9.17, 15) is 9.59 Å². The van der Waals surface area contributed by atoms with Crippen LogP contribution in [0.4, 0.5) is 0 Å². The van der Waals surface area contributed by atoms with Gasteiger partial charge in [0.25, 0.3) is 0 Å². The van der Waals surface area contributed by atoms with Gasteiger partial charge in [-0.2, -0.15) is 0 Å². The Morgan fingerprint density at radius 1 is 1.17 bits per heavy atom. The van der Waals surface area contributed by atoms with Crippen molar-refractivity contribution in [1.82, 2.24) is 10.6 Å². The highest BCUT2D eigenvalue weighted by Gasteiger charge is 2.13. The predicted octanol–water partition coefficient (Wildman–Crippen LogP) is 2.77. The number of hydrogen-bond acceptors (Lipinski definition) is 3. The Balaban J connectivity index is 2.36. The molecule has 1 aromatic rings. The smallest absolute Gasteiger partial charge is 0.244 e. The van der Waals surface area contributed by atoms with E-state index in [4.69, 9.17) is 4.74 Å². The van der Waals surface area contributed by atoms with Crippen LogP contribution >= 0.6 is 0 Å². The molecule has 0 spiro atoms. The van der Waals surface area contributed by atoms with E-state index in [2.05, 4.69) is 24.5 Å². The summed E-state index contributed by atoms with van der Waals surface area (Å²) < 4.78 is 5.08. The quantitative estimate of drug-likeness (QED) is 0.540. The van der Waals surface area contributed by atoms with Crippen molar-refractivity contribution in [2.45, 2.75) is 39.7 Å². The first kappa shape index (κ1) is 19.7. The van der Waals surface area contributed by atoms with Crippen molar-refractivity contribution in [2.75, 3.05) is 13.7 Å². The van der Waals surface area contributed by atoms with Gasteiger partial charge in [0.15, 0.2) is 0 Å². The number of amides is 2. The first-order valence-corrected chi connectivity index (χ1v) is 8.32. The summed E-state index contributed by atoms with van der Waals surface area (Å²) in [6, 6.07) is 6.80. The standard InChI is InChI=1S/C19H28N2O3/c1-14(2)6-5-13-20-19(23)15(3)21-18(22)12-9-16-7-10-17(24-4)11-8-16/h7-12,14-15H,5-6,13H2,1-4H3,(H,20,23)(H,21,22). The molecule has 0 saturated carbocycles. The maximum absolute atomic E-state index is 11.9. The van der Waals surface area contributed by atoms with Gasteiger partial charge in [-0.3, -0.25) is 9.59 Å². The second-order valence-corrected chi connectivity index (χ2v) is 6.16.